The molecule has 0 radical (unpaired) electrons. The Balaban J connectivity index is 1.84. The molecule has 15 heavy (non-hydrogen) atoms. The molecule has 0 aromatic carbocycles. The fraction of sp³-hybridized carbons (Fsp3) is 0.556. The molecule has 2 N–H and O–H groups in total. The lowest BCUT2D eigenvalue weighted by Gasteiger charge is -2.13. The van der Waals surface area contributed by atoms with E-state index in [0.29, 0.717) is 5.75 Å². The molecule has 1 aromatic heterocycles. The van der Waals surface area contributed by atoms with Crippen LogP contribution in [0.25, 0.3) is 0 Å². The number of aliphatic hydroxyl groups excluding tert-OH is 2. The smallest absolute Gasteiger partial charge is 0.114 e. The average molecular weight is 228 g/mol. The van der Waals surface area contributed by atoms with Crippen LogP contribution in [0.5, 0.6) is 0 Å². The van der Waals surface area contributed by atoms with Crippen molar-refractivity contribution in [2.45, 2.75) is 23.3 Å². The molecule has 2 heterocycles. The topological polar surface area (TPSA) is 75.5 Å². The predicted molar refractivity (Wildman–Crippen MR) is 54.5 cm³/mol. The van der Waals surface area contributed by atoms with Crippen molar-refractivity contribution in [3.63, 3.8) is 0 Å². The van der Waals surface area contributed by atoms with Crippen LogP contribution >= 0.6 is 11.8 Å². The fourth-order valence-corrected chi connectivity index (χ4v) is 2.24. The van der Waals surface area contributed by atoms with E-state index in [2.05, 4.69) is 9.97 Å². The zero-order chi connectivity index (χ0) is 10.7. The zero-order valence-corrected chi connectivity index (χ0v) is 8.80. The summed E-state index contributed by atoms with van der Waals surface area (Å²) in [5.41, 5.74) is 0. The van der Waals surface area contributed by atoms with Gasteiger partial charge in [-0.2, -0.15) is 0 Å². The second-order valence-corrected chi connectivity index (χ2v) is 4.32. The predicted octanol–water partition coefficient (Wildman–Crippen LogP) is -0.311. The molecule has 6 heteroatoms. The van der Waals surface area contributed by atoms with Gasteiger partial charge in [0.05, 0.1) is 18.9 Å². The van der Waals surface area contributed by atoms with E-state index in [9.17, 15) is 10.2 Å². The number of rotatable bonds is 3. The van der Waals surface area contributed by atoms with E-state index in [1.165, 1.54) is 11.8 Å². The highest BCUT2D eigenvalue weighted by Crippen LogP contribution is 2.22. The zero-order valence-electron chi connectivity index (χ0n) is 7.98. The van der Waals surface area contributed by atoms with Crippen molar-refractivity contribution < 1.29 is 14.9 Å². The van der Waals surface area contributed by atoms with Gasteiger partial charge in [0, 0.05) is 18.1 Å². The number of hydrogen-bond donors (Lipinski definition) is 2. The van der Waals surface area contributed by atoms with Crippen molar-refractivity contribution in [1.82, 2.24) is 9.97 Å². The number of aromatic nitrogens is 2. The minimum Gasteiger partial charge on any atom is -0.388 e. The first-order valence-electron chi connectivity index (χ1n) is 4.64. The van der Waals surface area contributed by atoms with Gasteiger partial charge in [-0.25, -0.2) is 4.98 Å². The summed E-state index contributed by atoms with van der Waals surface area (Å²) in [6.45, 7) is 0.201. The Morgan fingerprint density at radius 1 is 1.47 bits per heavy atom. The Labute approximate surface area is 91.5 Å². The standard InChI is InChI=1S/C9H12N2O3S/c12-6-4-14-7(9(6)13)5-15-8-3-10-1-2-11-8/h1-3,6-7,9,12-13H,4-5H2. The first-order chi connectivity index (χ1) is 7.27. The maximum Gasteiger partial charge on any atom is 0.114 e. The van der Waals surface area contributed by atoms with Gasteiger partial charge in [0.2, 0.25) is 0 Å². The summed E-state index contributed by atoms with van der Waals surface area (Å²) in [5.74, 6) is 0.566. The van der Waals surface area contributed by atoms with E-state index in [4.69, 9.17) is 4.74 Å². The molecule has 82 valence electrons. The highest BCUT2D eigenvalue weighted by molar-refractivity contribution is 7.99. The van der Waals surface area contributed by atoms with Gasteiger partial charge >= 0.3 is 0 Å². The maximum absolute atomic E-state index is 9.51. The molecule has 0 aliphatic carbocycles. The second-order valence-electron chi connectivity index (χ2n) is 3.28. The summed E-state index contributed by atoms with van der Waals surface area (Å²) in [5, 5.41) is 19.6. The average Bonchev–Trinajstić information content (AvgIpc) is 2.59. The Bertz CT molecular complexity index is 311. The largest absolute Gasteiger partial charge is 0.388 e. The first kappa shape index (κ1) is 10.8. The molecule has 0 amide bonds. The van der Waals surface area contributed by atoms with Gasteiger partial charge < -0.3 is 14.9 Å². The van der Waals surface area contributed by atoms with Gasteiger partial charge in [-0.15, -0.1) is 11.8 Å². The molecule has 1 fully saturated rings. The summed E-state index contributed by atoms with van der Waals surface area (Å²) in [4.78, 5) is 8.01. The molecule has 0 saturated carbocycles. The molecule has 5 nitrogen and oxygen atoms in total. The van der Waals surface area contributed by atoms with Crippen LogP contribution in [0.4, 0.5) is 0 Å². The lowest BCUT2D eigenvalue weighted by molar-refractivity contribution is 0.0337. The number of hydrogen-bond acceptors (Lipinski definition) is 6. The van der Waals surface area contributed by atoms with Gasteiger partial charge in [0.25, 0.3) is 0 Å². The van der Waals surface area contributed by atoms with Gasteiger partial charge in [-0.1, -0.05) is 0 Å². The van der Waals surface area contributed by atoms with Crippen LogP contribution in [-0.2, 0) is 4.74 Å². The molecule has 0 bridgehead atoms. The first-order valence-corrected chi connectivity index (χ1v) is 5.62. The van der Waals surface area contributed by atoms with E-state index in [-0.39, 0.29) is 12.7 Å². The van der Waals surface area contributed by atoms with Crippen LogP contribution in [0.15, 0.2) is 23.6 Å². The molecule has 1 aliphatic heterocycles. The van der Waals surface area contributed by atoms with Crippen LogP contribution in [0.1, 0.15) is 0 Å². The normalized spacial score (nSPS) is 30.7. The summed E-state index contributed by atoms with van der Waals surface area (Å²) in [7, 11) is 0. The van der Waals surface area contributed by atoms with E-state index in [1.54, 1.807) is 18.6 Å². The van der Waals surface area contributed by atoms with Crippen molar-refractivity contribution in [1.29, 1.82) is 0 Å². The van der Waals surface area contributed by atoms with E-state index in [1.807, 2.05) is 0 Å². The quantitative estimate of drug-likeness (QED) is 0.691. The van der Waals surface area contributed by atoms with E-state index < -0.39 is 12.2 Å². The molecular weight excluding hydrogens is 216 g/mol. The van der Waals surface area contributed by atoms with Crippen LogP contribution in [0.3, 0.4) is 0 Å². The Kier molecular flexibility index (Phi) is 3.53. The lowest BCUT2D eigenvalue weighted by atomic mass is 10.2. The lowest BCUT2D eigenvalue weighted by Crippen LogP contribution is -2.31. The summed E-state index contributed by atoms with van der Waals surface area (Å²) < 4.78 is 5.23. The van der Waals surface area contributed by atoms with Crippen LogP contribution in [0, 0.1) is 0 Å². The van der Waals surface area contributed by atoms with E-state index >= 15 is 0 Å². The van der Waals surface area contributed by atoms with Crippen molar-refractivity contribution >= 4 is 11.8 Å². The number of thioether (sulfide) groups is 1. The monoisotopic (exact) mass is 228 g/mol. The van der Waals surface area contributed by atoms with Crippen molar-refractivity contribution in [2.75, 3.05) is 12.4 Å². The van der Waals surface area contributed by atoms with Gasteiger partial charge in [-0.05, 0) is 0 Å². The SMILES string of the molecule is OC1COC(CSc2cnccn2)C1O. The number of ether oxygens (including phenoxy) is 1. The van der Waals surface area contributed by atoms with Crippen LogP contribution < -0.4 is 0 Å². The third-order valence-corrected chi connectivity index (χ3v) is 3.19. The molecule has 1 saturated heterocycles. The van der Waals surface area contributed by atoms with Gasteiger partial charge in [0.15, 0.2) is 0 Å². The Morgan fingerprint density at radius 2 is 2.33 bits per heavy atom. The molecule has 2 rings (SSSR count). The molecular formula is C9H12N2O3S. The van der Waals surface area contributed by atoms with Crippen LogP contribution in [0.2, 0.25) is 0 Å². The summed E-state index contributed by atoms with van der Waals surface area (Å²) in [6, 6.07) is 0. The minimum atomic E-state index is -0.797. The summed E-state index contributed by atoms with van der Waals surface area (Å²) >= 11 is 1.45. The number of nitrogens with zero attached hydrogens (tertiary/aromatic N) is 2. The number of aliphatic hydroxyl groups is 2. The molecule has 0 spiro atoms. The highest BCUT2D eigenvalue weighted by atomic mass is 32.2. The van der Waals surface area contributed by atoms with Crippen LogP contribution in [-0.4, -0.2) is 50.9 Å². The summed E-state index contributed by atoms with van der Waals surface area (Å²) in [6.07, 6.45) is 2.99. The molecule has 3 atom stereocenters. The van der Waals surface area contributed by atoms with Gasteiger partial charge in [0.1, 0.15) is 17.2 Å². The molecule has 3 unspecified atom stereocenters. The third-order valence-electron chi connectivity index (χ3n) is 2.19. The van der Waals surface area contributed by atoms with Crippen molar-refractivity contribution in [3.05, 3.63) is 18.6 Å². The highest BCUT2D eigenvalue weighted by Gasteiger charge is 2.34. The maximum atomic E-state index is 9.51. The minimum absolute atomic E-state index is 0.201. The third kappa shape index (κ3) is 2.66. The molecule has 1 aliphatic rings. The molecule has 1 aromatic rings. The Hall–Kier alpha value is -0.690. The van der Waals surface area contributed by atoms with Gasteiger partial charge in [-0.3, -0.25) is 4.98 Å². The fourth-order valence-electron chi connectivity index (χ4n) is 1.34. The van der Waals surface area contributed by atoms with Crippen molar-refractivity contribution in [3.8, 4) is 0 Å². The Morgan fingerprint density at radius 3 is 2.93 bits per heavy atom. The second kappa shape index (κ2) is 4.89. The van der Waals surface area contributed by atoms with Crippen molar-refractivity contribution in [2.24, 2.45) is 0 Å². The van der Waals surface area contributed by atoms with E-state index in [0.717, 1.165) is 5.03 Å².